The van der Waals surface area contributed by atoms with E-state index in [4.69, 9.17) is 0 Å². The van der Waals surface area contributed by atoms with Crippen LogP contribution in [0.3, 0.4) is 0 Å². The van der Waals surface area contributed by atoms with Crippen molar-refractivity contribution in [3.05, 3.63) is 99.7 Å². The zero-order valence-corrected chi connectivity index (χ0v) is 23.2. The van der Waals surface area contributed by atoms with Gasteiger partial charge in [0.05, 0.1) is 10.4 Å². The van der Waals surface area contributed by atoms with Gasteiger partial charge in [0.25, 0.3) is 10.0 Å². The van der Waals surface area contributed by atoms with Crippen molar-refractivity contribution in [2.75, 3.05) is 0 Å². The molecule has 0 bridgehead atoms. The SMILES string of the molecule is CCCCc1cc(C)cc(CCCC)c1Cc1cn(S(=O)(=O)c2ccc(C)cc2)c2cc(C)ccc12. The van der Waals surface area contributed by atoms with Gasteiger partial charge in [-0.05, 0) is 92.5 Å². The number of rotatable bonds is 10. The summed E-state index contributed by atoms with van der Waals surface area (Å²) < 4.78 is 29.0. The first-order valence-corrected chi connectivity index (χ1v) is 14.7. The third-order valence-corrected chi connectivity index (χ3v) is 8.82. The van der Waals surface area contributed by atoms with Crippen molar-refractivity contribution in [3.8, 4) is 0 Å². The highest BCUT2D eigenvalue weighted by molar-refractivity contribution is 7.90. The molecule has 1 aromatic heterocycles. The molecule has 0 N–H and O–H groups in total. The van der Waals surface area contributed by atoms with Gasteiger partial charge in [-0.1, -0.05) is 74.2 Å². The number of fused-ring (bicyclic) bond motifs is 1. The maximum atomic E-state index is 13.8. The van der Waals surface area contributed by atoms with Crippen molar-refractivity contribution in [1.29, 1.82) is 0 Å². The molecule has 0 atom stereocenters. The van der Waals surface area contributed by atoms with E-state index in [1.165, 1.54) is 26.2 Å². The Hall–Kier alpha value is -2.85. The molecule has 0 unspecified atom stereocenters. The molecule has 0 aliphatic rings. The third kappa shape index (κ3) is 5.44. The van der Waals surface area contributed by atoms with Crippen molar-refractivity contribution < 1.29 is 8.42 Å². The van der Waals surface area contributed by atoms with Gasteiger partial charge in [0.2, 0.25) is 0 Å². The van der Waals surface area contributed by atoms with Crippen LogP contribution in [0.5, 0.6) is 0 Å². The normalized spacial score (nSPS) is 11.9. The van der Waals surface area contributed by atoms with Gasteiger partial charge in [0.1, 0.15) is 0 Å². The maximum Gasteiger partial charge on any atom is 0.268 e. The smallest absolute Gasteiger partial charge is 0.241 e. The molecule has 0 amide bonds. The number of nitrogens with zero attached hydrogens (tertiary/aromatic N) is 1. The van der Waals surface area contributed by atoms with Crippen LogP contribution in [0.1, 0.15) is 78.5 Å². The highest BCUT2D eigenvalue weighted by Crippen LogP contribution is 2.31. The van der Waals surface area contributed by atoms with Crippen molar-refractivity contribution in [3.63, 3.8) is 0 Å². The van der Waals surface area contributed by atoms with Crippen LogP contribution in [0.2, 0.25) is 0 Å². The van der Waals surface area contributed by atoms with E-state index in [-0.39, 0.29) is 0 Å². The standard InChI is InChI=1S/C32H39NO2S/c1-6-8-10-26-18-25(5)19-27(11-9-7-2)31(26)21-28-22-33(32-20-24(4)14-17-30(28)32)36(34,35)29-15-12-23(3)13-16-29/h12-20,22H,6-11,21H2,1-5H3. The zero-order valence-electron chi connectivity index (χ0n) is 22.4. The quantitative estimate of drug-likeness (QED) is 0.220. The summed E-state index contributed by atoms with van der Waals surface area (Å²) in [5.41, 5.74) is 9.44. The van der Waals surface area contributed by atoms with Crippen LogP contribution < -0.4 is 0 Å². The second-order valence-electron chi connectivity index (χ2n) is 10.2. The molecule has 0 fully saturated rings. The largest absolute Gasteiger partial charge is 0.268 e. The number of hydrogen-bond acceptors (Lipinski definition) is 2. The molecule has 0 saturated heterocycles. The lowest BCUT2D eigenvalue weighted by atomic mass is 9.88. The van der Waals surface area contributed by atoms with Crippen molar-refractivity contribution in [2.24, 2.45) is 0 Å². The molecule has 36 heavy (non-hydrogen) atoms. The van der Waals surface area contributed by atoms with Crippen molar-refractivity contribution >= 4 is 20.9 Å². The molecule has 4 aromatic rings. The lowest BCUT2D eigenvalue weighted by Crippen LogP contribution is -2.12. The topological polar surface area (TPSA) is 39.1 Å². The van der Waals surface area contributed by atoms with Gasteiger partial charge in [0, 0.05) is 18.0 Å². The maximum absolute atomic E-state index is 13.8. The Labute approximate surface area is 217 Å². The van der Waals surface area contributed by atoms with Crippen LogP contribution in [0.25, 0.3) is 10.9 Å². The van der Waals surface area contributed by atoms with E-state index < -0.39 is 10.0 Å². The molecule has 1 heterocycles. The third-order valence-electron chi connectivity index (χ3n) is 7.13. The highest BCUT2D eigenvalue weighted by atomic mass is 32.2. The summed E-state index contributed by atoms with van der Waals surface area (Å²) in [5, 5.41) is 1.01. The van der Waals surface area contributed by atoms with E-state index in [1.807, 2.05) is 38.2 Å². The first kappa shape index (κ1) is 26.2. The van der Waals surface area contributed by atoms with E-state index in [9.17, 15) is 8.42 Å². The number of aromatic nitrogens is 1. The van der Waals surface area contributed by atoms with Gasteiger partial charge >= 0.3 is 0 Å². The fourth-order valence-corrected chi connectivity index (χ4v) is 6.49. The number of aryl methyl sites for hydroxylation is 5. The molecule has 4 heteroatoms. The second-order valence-corrected chi connectivity index (χ2v) is 12.0. The lowest BCUT2D eigenvalue weighted by molar-refractivity contribution is 0.589. The summed E-state index contributed by atoms with van der Waals surface area (Å²) in [6.45, 7) is 10.6. The van der Waals surface area contributed by atoms with Gasteiger partial charge in [-0.25, -0.2) is 12.4 Å². The van der Waals surface area contributed by atoms with E-state index in [2.05, 4.69) is 45.0 Å². The second kappa shape index (κ2) is 11.0. The van der Waals surface area contributed by atoms with Gasteiger partial charge in [-0.15, -0.1) is 0 Å². The van der Waals surface area contributed by atoms with Crippen LogP contribution in [-0.2, 0) is 29.3 Å². The Morgan fingerprint density at radius 1 is 0.694 bits per heavy atom. The first-order chi connectivity index (χ1) is 17.2. The van der Waals surface area contributed by atoms with E-state index in [0.29, 0.717) is 4.90 Å². The minimum atomic E-state index is -3.71. The minimum absolute atomic E-state index is 0.320. The molecule has 0 saturated carbocycles. The average Bonchev–Trinajstić information content (AvgIpc) is 3.21. The van der Waals surface area contributed by atoms with E-state index >= 15 is 0 Å². The van der Waals surface area contributed by atoms with Gasteiger partial charge in [-0.3, -0.25) is 0 Å². The number of hydrogen-bond donors (Lipinski definition) is 0. The monoisotopic (exact) mass is 501 g/mol. The molecule has 3 nitrogen and oxygen atoms in total. The fourth-order valence-electron chi connectivity index (χ4n) is 5.11. The van der Waals surface area contributed by atoms with Crippen LogP contribution >= 0.6 is 0 Å². The molecular weight excluding hydrogens is 462 g/mol. The average molecular weight is 502 g/mol. The molecule has 3 aromatic carbocycles. The Balaban J connectivity index is 1.88. The zero-order chi connectivity index (χ0) is 25.9. The highest BCUT2D eigenvalue weighted by Gasteiger charge is 2.22. The fraction of sp³-hybridized carbons (Fsp3) is 0.375. The van der Waals surface area contributed by atoms with E-state index in [0.717, 1.165) is 72.5 Å². The summed E-state index contributed by atoms with van der Waals surface area (Å²) in [7, 11) is -3.71. The summed E-state index contributed by atoms with van der Waals surface area (Å²) in [4.78, 5) is 0.320. The lowest BCUT2D eigenvalue weighted by Gasteiger charge is -2.17. The first-order valence-electron chi connectivity index (χ1n) is 13.3. The van der Waals surface area contributed by atoms with Crippen LogP contribution in [0, 0.1) is 20.8 Å². The minimum Gasteiger partial charge on any atom is -0.241 e. The summed E-state index contributed by atoms with van der Waals surface area (Å²) in [6.07, 6.45) is 9.37. The van der Waals surface area contributed by atoms with Gasteiger partial charge in [0.15, 0.2) is 0 Å². The van der Waals surface area contributed by atoms with Gasteiger partial charge < -0.3 is 0 Å². The van der Waals surface area contributed by atoms with Crippen molar-refractivity contribution in [2.45, 2.75) is 84.5 Å². The Kier molecular flexibility index (Phi) is 8.04. The summed E-state index contributed by atoms with van der Waals surface area (Å²) in [5.74, 6) is 0. The van der Waals surface area contributed by atoms with Crippen LogP contribution in [0.4, 0.5) is 0 Å². The Morgan fingerprint density at radius 2 is 1.28 bits per heavy atom. The molecular formula is C32H39NO2S. The van der Waals surface area contributed by atoms with E-state index in [1.54, 1.807) is 12.1 Å². The van der Waals surface area contributed by atoms with Crippen LogP contribution in [-0.4, -0.2) is 12.4 Å². The predicted molar refractivity (Wildman–Crippen MR) is 152 cm³/mol. The molecule has 0 aliphatic carbocycles. The molecule has 0 aliphatic heterocycles. The summed E-state index contributed by atoms with van der Waals surface area (Å²) in [6, 6.07) is 18.0. The number of unbranched alkanes of at least 4 members (excludes halogenated alkanes) is 2. The Bertz CT molecular complexity index is 1430. The van der Waals surface area contributed by atoms with Crippen molar-refractivity contribution in [1.82, 2.24) is 3.97 Å². The number of benzene rings is 3. The summed E-state index contributed by atoms with van der Waals surface area (Å²) >= 11 is 0. The Morgan fingerprint density at radius 3 is 1.86 bits per heavy atom. The molecule has 4 rings (SSSR count). The molecule has 190 valence electrons. The van der Waals surface area contributed by atoms with Crippen LogP contribution in [0.15, 0.2) is 65.7 Å². The predicted octanol–water partition coefficient (Wildman–Crippen LogP) is 8.08. The molecule has 0 spiro atoms. The molecule has 0 radical (unpaired) electrons. The van der Waals surface area contributed by atoms with Gasteiger partial charge in [-0.2, -0.15) is 0 Å².